The Kier molecular flexibility index (Phi) is 8.05. The minimum atomic E-state index is -1.14. The van der Waals surface area contributed by atoms with Crippen LogP contribution >= 0.6 is 0 Å². The largest absolute Gasteiger partial charge is 0.481 e. The molecular formula is C18H19FO6. The van der Waals surface area contributed by atoms with E-state index in [2.05, 4.69) is 0 Å². The second kappa shape index (κ2) is 10.0. The van der Waals surface area contributed by atoms with E-state index in [0.29, 0.717) is 0 Å². The molecule has 0 amide bonds. The summed E-state index contributed by atoms with van der Waals surface area (Å²) in [5.41, 5.74) is 0.674. The maximum Gasteiger partial charge on any atom is 0.330 e. The summed E-state index contributed by atoms with van der Waals surface area (Å²) < 4.78 is 23.3. The number of carbonyl (C=O) groups excluding carboxylic acids is 2. The van der Waals surface area contributed by atoms with Gasteiger partial charge in [-0.2, -0.15) is 0 Å². The van der Waals surface area contributed by atoms with Gasteiger partial charge in [0.05, 0.1) is 19.6 Å². The van der Waals surface area contributed by atoms with Crippen molar-refractivity contribution in [3.8, 4) is 0 Å². The number of halogens is 1. The second-order valence-electron chi connectivity index (χ2n) is 4.80. The highest BCUT2D eigenvalue weighted by Crippen LogP contribution is 2.21. The van der Waals surface area contributed by atoms with Gasteiger partial charge in [-0.25, -0.2) is 14.0 Å². The number of carbonyl (C=O) groups is 3. The lowest BCUT2D eigenvalue weighted by molar-refractivity contribution is -0.138. The fourth-order valence-electron chi connectivity index (χ4n) is 2.03. The Bertz CT molecular complexity index is 657. The first kappa shape index (κ1) is 20.1. The molecule has 0 saturated heterocycles. The van der Waals surface area contributed by atoms with Crippen LogP contribution < -0.4 is 0 Å². The maximum atomic E-state index is 13.8. The van der Waals surface area contributed by atoms with Crippen LogP contribution in [0.25, 0.3) is 12.2 Å². The summed E-state index contributed by atoms with van der Waals surface area (Å²) in [5, 5.41) is 9.08. The van der Waals surface area contributed by atoms with E-state index in [0.717, 1.165) is 24.3 Å². The highest BCUT2D eigenvalue weighted by molar-refractivity contribution is 5.90. The highest BCUT2D eigenvalue weighted by Gasteiger charge is 2.12. The standard InChI is InChI=1S/C18H19FO6/c1-3-24-17(22)7-5-12-9-14(19)10-13(15(12)11-16(20)21)6-8-18(23)25-4-2/h5-10H,3-4,11H2,1-2H3,(H,20,21)/b7-5-,8-6+. The van der Waals surface area contributed by atoms with Gasteiger partial charge in [-0.05, 0) is 54.8 Å². The molecule has 25 heavy (non-hydrogen) atoms. The molecule has 0 radical (unpaired) electrons. The Morgan fingerprint density at radius 3 is 1.80 bits per heavy atom. The molecule has 0 aliphatic heterocycles. The van der Waals surface area contributed by atoms with Gasteiger partial charge in [-0.1, -0.05) is 0 Å². The predicted molar refractivity (Wildman–Crippen MR) is 89.1 cm³/mol. The van der Waals surface area contributed by atoms with E-state index in [1.54, 1.807) is 13.8 Å². The number of benzene rings is 1. The van der Waals surface area contributed by atoms with Gasteiger partial charge >= 0.3 is 17.9 Å². The van der Waals surface area contributed by atoms with Crippen LogP contribution in [0.1, 0.15) is 30.5 Å². The first-order chi connectivity index (χ1) is 11.9. The first-order valence-electron chi connectivity index (χ1n) is 7.61. The van der Waals surface area contributed by atoms with Crippen LogP contribution in [0, 0.1) is 5.82 Å². The Hall–Kier alpha value is -2.96. The fourth-order valence-corrected chi connectivity index (χ4v) is 2.03. The lowest BCUT2D eigenvalue weighted by atomic mass is 9.97. The summed E-state index contributed by atoms with van der Waals surface area (Å²) in [6.45, 7) is 3.65. The number of aliphatic carboxylic acids is 1. The topological polar surface area (TPSA) is 89.9 Å². The molecule has 134 valence electrons. The van der Waals surface area contributed by atoms with Crippen LogP contribution in [0.3, 0.4) is 0 Å². The van der Waals surface area contributed by atoms with Crippen LogP contribution in [-0.4, -0.2) is 36.2 Å². The molecule has 0 bridgehead atoms. The molecule has 0 heterocycles. The molecule has 0 aromatic heterocycles. The normalized spacial score (nSPS) is 11.0. The van der Waals surface area contributed by atoms with Crippen LogP contribution in [0.4, 0.5) is 4.39 Å². The average molecular weight is 350 g/mol. The summed E-state index contributed by atoms with van der Waals surface area (Å²) >= 11 is 0. The average Bonchev–Trinajstić information content (AvgIpc) is 2.53. The zero-order valence-electron chi connectivity index (χ0n) is 14.0. The van der Waals surface area contributed by atoms with Crippen molar-refractivity contribution in [2.45, 2.75) is 20.3 Å². The van der Waals surface area contributed by atoms with Gasteiger partial charge < -0.3 is 14.6 Å². The number of hydrogen-bond donors (Lipinski definition) is 1. The van der Waals surface area contributed by atoms with Crippen LogP contribution in [0.15, 0.2) is 24.3 Å². The van der Waals surface area contributed by atoms with Crippen molar-refractivity contribution in [2.75, 3.05) is 13.2 Å². The molecule has 1 rings (SSSR count). The molecular weight excluding hydrogens is 331 g/mol. The molecule has 1 N–H and O–H groups in total. The summed E-state index contributed by atoms with van der Waals surface area (Å²) in [6.07, 6.45) is 4.32. The van der Waals surface area contributed by atoms with Crippen molar-refractivity contribution in [2.24, 2.45) is 0 Å². The van der Waals surface area contributed by atoms with E-state index in [9.17, 15) is 18.8 Å². The summed E-state index contributed by atoms with van der Waals surface area (Å²) in [4.78, 5) is 33.9. The minimum Gasteiger partial charge on any atom is -0.481 e. The van der Waals surface area contributed by atoms with Crippen molar-refractivity contribution in [1.29, 1.82) is 0 Å². The number of carboxylic acid groups (broad SMARTS) is 1. The third-order valence-corrected chi connectivity index (χ3v) is 2.98. The predicted octanol–water partition coefficient (Wildman–Crippen LogP) is 2.61. The lowest BCUT2D eigenvalue weighted by Crippen LogP contribution is -2.06. The van der Waals surface area contributed by atoms with E-state index in [1.165, 1.54) is 12.2 Å². The van der Waals surface area contributed by atoms with Crippen molar-refractivity contribution < 1.29 is 33.4 Å². The van der Waals surface area contributed by atoms with Crippen molar-refractivity contribution in [3.05, 3.63) is 46.8 Å². The second-order valence-corrected chi connectivity index (χ2v) is 4.80. The first-order valence-corrected chi connectivity index (χ1v) is 7.61. The molecule has 0 fully saturated rings. The highest BCUT2D eigenvalue weighted by atomic mass is 19.1. The molecule has 1 aromatic carbocycles. The van der Waals surface area contributed by atoms with Gasteiger partial charge in [0.1, 0.15) is 5.82 Å². The SMILES string of the molecule is CCOC(=O)/C=C\c1cc(F)cc(/C=C/C(=O)OCC)c1CC(=O)O. The summed E-state index contributed by atoms with van der Waals surface area (Å²) in [7, 11) is 0. The number of ether oxygens (including phenoxy) is 2. The summed E-state index contributed by atoms with van der Waals surface area (Å²) in [5.74, 6) is -3.03. The number of hydrogen-bond acceptors (Lipinski definition) is 5. The van der Waals surface area contributed by atoms with Gasteiger partial charge in [0.25, 0.3) is 0 Å². The molecule has 6 nitrogen and oxygen atoms in total. The van der Waals surface area contributed by atoms with E-state index < -0.39 is 30.1 Å². The fraction of sp³-hybridized carbons (Fsp3) is 0.278. The van der Waals surface area contributed by atoms with Gasteiger partial charge in [0, 0.05) is 12.2 Å². The molecule has 0 unspecified atom stereocenters. The molecule has 0 atom stereocenters. The summed E-state index contributed by atoms with van der Waals surface area (Å²) in [6, 6.07) is 2.21. The van der Waals surface area contributed by atoms with Crippen molar-refractivity contribution >= 4 is 30.1 Å². The van der Waals surface area contributed by atoms with Gasteiger partial charge in [-0.15, -0.1) is 0 Å². The monoisotopic (exact) mass is 350 g/mol. The smallest absolute Gasteiger partial charge is 0.330 e. The lowest BCUT2D eigenvalue weighted by Gasteiger charge is -2.09. The van der Waals surface area contributed by atoms with E-state index in [-0.39, 0.29) is 29.9 Å². The Morgan fingerprint density at radius 1 is 1.00 bits per heavy atom. The van der Waals surface area contributed by atoms with Crippen LogP contribution in [-0.2, 0) is 30.3 Å². The van der Waals surface area contributed by atoms with Gasteiger partial charge in [0.2, 0.25) is 0 Å². The van der Waals surface area contributed by atoms with E-state index in [4.69, 9.17) is 14.6 Å². The maximum absolute atomic E-state index is 13.8. The number of esters is 2. The van der Waals surface area contributed by atoms with Crippen LogP contribution in [0.5, 0.6) is 0 Å². The zero-order chi connectivity index (χ0) is 18.8. The van der Waals surface area contributed by atoms with E-state index >= 15 is 0 Å². The molecule has 0 spiro atoms. The molecule has 0 aliphatic carbocycles. The van der Waals surface area contributed by atoms with Gasteiger partial charge in [-0.3, -0.25) is 4.79 Å². The molecule has 7 heteroatoms. The van der Waals surface area contributed by atoms with E-state index in [1.807, 2.05) is 0 Å². The van der Waals surface area contributed by atoms with Crippen LogP contribution in [0.2, 0.25) is 0 Å². The molecule has 0 aliphatic rings. The Morgan fingerprint density at radius 2 is 1.44 bits per heavy atom. The molecule has 1 aromatic rings. The van der Waals surface area contributed by atoms with Crippen molar-refractivity contribution in [1.82, 2.24) is 0 Å². The number of rotatable bonds is 8. The Balaban J connectivity index is 3.28. The molecule has 0 saturated carbocycles. The number of carboxylic acids is 1. The zero-order valence-corrected chi connectivity index (χ0v) is 14.0. The Labute approximate surface area is 144 Å². The van der Waals surface area contributed by atoms with Crippen molar-refractivity contribution in [3.63, 3.8) is 0 Å². The third kappa shape index (κ3) is 6.99. The third-order valence-electron chi connectivity index (χ3n) is 2.98. The minimum absolute atomic E-state index is 0.182. The van der Waals surface area contributed by atoms with Gasteiger partial charge in [0.15, 0.2) is 0 Å². The quantitative estimate of drug-likeness (QED) is 0.572.